The number of amides is 1. The second-order valence-electron chi connectivity index (χ2n) is 8.03. The van der Waals surface area contributed by atoms with E-state index in [9.17, 15) is 10.1 Å². The second-order valence-corrected chi connectivity index (χ2v) is 9.19. The first-order valence-corrected chi connectivity index (χ1v) is 12.3. The summed E-state index contributed by atoms with van der Waals surface area (Å²) >= 11 is 2.17. The maximum atomic E-state index is 12.5. The van der Waals surface area contributed by atoms with Crippen molar-refractivity contribution in [2.45, 2.75) is 19.4 Å². The highest BCUT2D eigenvalue weighted by Gasteiger charge is 2.14. The van der Waals surface area contributed by atoms with E-state index in [0.717, 1.165) is 33.5 Å². The number of hydrogen-bond acceptors (Lipinski definition) is 6. The molecule has 0 aromatic heterocycles. The zero-order valence-corrected chi connectivity index (χ0v) is 21.5. The van der Waals surface area contributed by atoms with Crippen molar-refractivity contribution in [1.29, 1.82) is 5.26 Å². The molecule has 3 aromatic rings. The molecular weight excluding hydrogens is 555 g/mol. The van der Waals surface area contributed by atoms with Crippen molar-refractivity contribution in [2.24, 2.45) is 5.10 Å². The fourth-order valence-electron chi connectivity index (χ4n) is 3.89. The van der Waals surface area contributed by atoms with E-state index in [1.165, 1.54) is 12.8 Å². The minimum Gasteiger partial charge on any atom is -0.493 e. The molecule has 1 saturated heterocycles. The van der Waals surface area contributed by atoms with Gasteiger partial charge in [0.05, 0.1) is 28.5 Å². The van der Waals surface area contributed by atoms with Crippen molar-refractivity contribution in [1.82, 2.24) is 5.43 Å². The number of carbonyl (C=O) groups is 1. The van der Waals surface area contributed by atoms with Crippen molar-refractivity contribution in [3.05, 3.63) is 86.5 Å². The minimum absolute atomic E-state index is 0.246. The lowest BCUT2D eigenvalue weighted by Crippen LogP contribution is -2.19. The molecule has 0 radical (unpaired) electrons. The number of ether oxygens (including phenoxy) is 2. The number of methoxy groups -OCH3 is 1. The third-order valence-corrected chi connectivity index (χ3v) is 6.54. The van der Waals surface area contributed by atoms with Crippen LogP contribution in [0.4, 0.5) is 5.69 Å². The molecule has 35 heavy (non-hydrogen) atoms. The van der Waals surface area contributed by atoms with Gasteiger partial charge in [0.15, 0.2) is 11.5 Å². The average Bonchev–Trinajstić information content (AvgIpc) is 3.43. The third-order valence-electron chi connectivity index (χ3n) is 5.74. The van der Waals surface area contributed by atoms with Gasteiger partial charge in [-0.2, -0.15) is 10.4 Å². The van der Waals surface area contributed by atoms with E-state index in [4.69, 9.17) is 9.47 Å². The quantitative estimate of drug-likeness (QED) is 0.227. The summed E-state index contributed by atoms with van der Waals surface area (Å²) in [5.41, 5.74) is 6.40. The van der Waals surface area contributed by atoms with E-state index >= 15 is 0 Å². The Kier molecular flexibility index (Phi) is 8.21. The predicted molar refractivity (Wildman–Crippen MR) is 144 cm³/mol. The molecular formula is C27H25IN4O3. The van der Waals surface area contributed by atoms with Crippen LogP contribution < -0.4 is 19.8 Å². The number of nitriles is 1. The molecule has 0 bridgehead atoms. The van der Waals surface area contributed by atoms with Crippen molar-refractivity contribution < 1.29 is 14.3 Å². The molecule has 0 aliphatic carbocycles. The Bertz CT molecular complexity index is 1260. The maximum absolute atomic E-state index is 12.5. The van der Waals surface area contributed by atoms with Crippen LogP contribution in [0.5, 0.6) is 11.5 Å². The Morgan fingerprint density at radius 3 is 2.63 bits per heavy atom. The molecule has 3 aromatic carbocycles. The van der Waals surface area contributed by atoms with Gasteiger partial charge < -0.3 is 14.4 Å². The van der Waals surface area contributed by atoms with Gasteiger partial charge in [-0.25, -0.2) is 5.43 Å². The molecule has 1 aliphatic rings. The predicted octanol–water partition coefficient (Wildman–Crippen LogP) is 5.11. The fourth-order valence-corrected chi connectivity index (χ4v) is 4.67. The van der Waals surface area contributed by atoms with Gasteiger partial charge in [0, 0.05) is 29.9 Å². The standard InChI is InChI=1S/C27H25IN4O3/c1-34-25-15-19(14-24(28)26(25)35-18-22-7-3-2-6-21(22)16-29)17-30-31-27(33)20-8-10-23(11-9-20)32-12-4-5-13-32/h2-3,6-11,14-15,17H,4-5,12-13,18H2,1H3,(H,31,33)/b30-17-. The Balaban J connectivity index is 1.40. The molecule has 0 spiro atoms. The molecule has 0 saturated carbocycles. The van der Waals surface area contributed by atoms with Gasteiger partial charge >= 0.3 is 0 Å². The Labute approximate surface area is 218 Å². The van der Waals surface area contributed by atoms with E-state index in [1.54, 1.807) is 25.5 Å². The number of carbonyl (C=O) groups excluding carboxylic acids is 1. The summed E-state index contributed by atoms with van der Waals surface area (Å²) in [4.78, 5) is 14.8. The molecule has 8 heteroatoms. The van der Waals surface area contributed by atoms with E-state index in [1.807, 2.05) is 48.5 Å². The molecule has 1 heterocycles. The van der Waals surface area contributed by atoms with Crippen LogP contribution in [-0.4, -0.2) is 32.3 Å². The molecule has 7 nitrogen and oxygen atoms in total. The molecule has 1 aliphatic heterocycles. The Morgan fingerprint density at radius 2 is 1.91 bits per heavy atom. The SMILES string of the molecule is COc1cc(/C=N\NC(=O)c2ccc(N3CCCC3)cc2)cc(I)c1OCc1ccccc1C#N. The second kappa shape index (κ2) is 11.7. The van der Waals surface area contributed by atoms with Crippen LogP contribution in [0.25, 0.3) is 0 Å². The highest BCUT2D eigenvalue weighted by Crippen LogP contribution is 2.34. The van der Waals surface area contributed by atoms with Gasteiger partial charge in [-0.15, -0.1) is 0 Å². The van der Waals surface area contributed by atoms with Crippen molar-refractivity contribution in [2.75, 3.05) is 25.1 Å². The molecule has 4 rings (SSSR count). The zero-order valence-electron chi connectivity index (χ0n) is 19.3. The van der Waals surface area contributed by atoms with Gasteiger partial charge in [-0.3, -0.25) is 4.79 Å². The summed E-state index contributed by atoms with van der Waals surface area (Å²) in [6, 6.07) is 20.8. The molecule has 178 valence electrons. The van der Waals surface area contributed by atoms with E-state index < -0.39 is 0 Å². The maximum Gasteiger partial charge on any atom is 0.271 e. The highest BCUT2D eigenvalue weighted by atomic mass is 127. The summed E-state index contributed by atoms with van der Waals surface area (Å²) < 4.78 is 12.3. The Morgan fingerprint density at radius 1 is 1.17 bits per heavy atom. The normalized spacial score (nSPS) is 13.0. The summed E-state index contributed by atoms with van der Waals surface area (Å²) in [6.07, 6.45) is 3.99. The number of nitrogens with zero attached hydrogens (tertiary/aromatic N) is 3. The lowest BCUT2D eigenvalue weighted by Gasteiger charge is -2.17. The van der Waals surface area contributed by atoms with Crippen molar-refractivity contribution >= 4 is 40.4 Å². The van der Waals surface area contributed by atoms with Crippen LogP contribution in [0.2, 0.25) is 0 Å². The highest BCUT2D eigenvalue weighted by molar-refractivity contribution is 14.1. The van der Waals surface area contributed by atoms with Gasteiger partial charge in [0.1, 0.15) is 6.61 Å². The van der Waals surface area contributed by atoms with Crippen LogP contribution in [0.3, 0.4) is 0 Å². The van der Waals surface area contributed by atoms with Gasteiger partial charge in [-0.1, -0.05) is 18.2 Å². The van der Waals surface area contributed by atoms with Crippen LogP contribution in [0.1, 0.15) is 39.9 Å². The van der Waals surface area contributed by atoms with Crippen molar-refractivity contribution in [3.8, 4) is 17.6 Å². The number of nitrogens with one attached hydrogen (secondary N) is 1. The van der Waals surface area contributed by atoms with Crippen molar-refractivity contribution in [3.63, 3.8) is 0 Å². The molecule has 0 atom stereocenters. The van der Waals surface area contributed by atoms with Gasteiger partial charge in [0.2, 0.25) is 0 Å². The number of halogens is 1. The lowest BCUT2D eigenvalue weighted by molar-refractivity contribution is 0.0955. The summed E-state index contributed by atoms with van der Waals surface area (Å²) in [7, 11) is 1.57. The monoisotopic (exact) mass is 580 g/mol. The topological polar surface area (TPSA) is 86.9 Å². The average molecular weight is 580 g/mol. The molecule has 1 amide bonds. The number of benzene rings is 3. The zero-order chi connectivity index (χ0) is 24.6. The number of hydrogen-bond donors (Lipinski definition) is 1. The summed E-state index contributed by atoms with van der Waals surface area (Å²) in [6.45, 7) is 2.38. The van der Waals surface area contributed by atoms with Crippen LogP contribution >= 0.6 is 22.6 Å². The first-order chi connectivity index (χ1) is 17.1. The van der Waals surface area contributed by atoms with Crippen LogP contribution in [-0.2, 0) is 6.61 Å². The smallest absolute Gasteiger partial charge is 0.271 e. The van der Waals surface area contributed by atoms with Crippen LogP contribution in [0, 0.1) is 14.9 Å². The largest absolute Gasteiger partial charge is 0.493 e. The van der Waals surface area contributed by atoms with Gasteiger partial charge in [-0.05, 0) is 83.5 Å². The number of anilines is 1. The number of hydrazone groups is 1. The first-order valence-electron chi connectivity index (χ1n) is 11.3. The molecule has 1 fully saturated rings. The number of rotatable bonds is 8. The van der Waals surface area contributed by atoms with E-state index in [-0.39, 0.29) is 12.5 Å². The molecule has 1 N–H and O–H groups in total. The summed E-state index contributed by atoms with van der Waals surface area (Å²) in [5.74, 6) is 0.851. The van der Waals surface area contributed by atoms with Crippen LogP contribution in [0.15, 0.2) is 65.8 Å². The van der Waals surface area contributed by atoms with E-state index in [0.29, 0.717) is 22.6 Å². The summed E-state index contributed by atoms with van der Waals surface area (Å²) in [5, 5.41) is 13.4. The fraction of sp³-hybridized carbons (Fsp3) is 0.222. The Hall–Kier alpha value is -3.58. The first kappa shape index (κ1) is 24.5. The minimum atomic E-state index is -0.271. The lowest BCUT2D eigenvalue weighted by atomic mass is 10.1. The van der Waals surface area contributed by atoms with E-state index in [2.05, 4.69) is 44.1 Å². The third kappa shape index (κ3) is 6.11. The van der Waals surface area contributed by atoms with Gasteiger partial charge in [0.25, 0.3) is 5.91 Å². The molecule has 0 unspecified atom stereocenters.